The molecule has 1 aromatic heterocycles. The van der Waals surface area contributed by atoms with Gasteiger partial charge in [0, 0.05) is 29.6 Å². The van der Waals surface area contributed by atoms with E-state index in [2.05, 4.69) is 4.98 Å². The van der Waals surface area contributed by atoms with Gasteiger partial charge in [0.25, 0.3) is 5.91 Å². The van der Waals surface area contributed by atoms with Crippen molar-refractivity contribution < 1.29 is 29.0 Å². The number of nitrogens with one attached hydrogen (secondary N) is 1. The number of carbonyl (C=O) groups excluding carboxylic acids is 2. The van der Waals surface area contributed by atoms with Crippen LogP contribution in [0, 0.1) is 0 Å². The van der Waals surface area contributed by atoms with E-state index in [1.54, 1.807) is 4.90 Å². The number of rotatable bonds is 8. The van der Waals surface area contributed by atoms with Crippen LogP contribution < -0.4 is 9.47 Å². The van der Waals surface area contributed by atoms with E-state index in [9.17, 15) is 9.59 Å². The van der Waals surface area contributed by atoms with Crippen molar-refractivity contribution in [3.05, 3.63) is 59.3 Å². The first kappa shape index (κ1) is 21.9. The van der Waals surface area contributed by atoms with Crippen molar-refractivity contribution in [3.63, 3.8) is 0 Å². The van der Waals surface area contributed by atoms with Crippen LogP contribution >= 0.6 is 0 Å². The monoisotopic (exact) mass is 477 g/mol. The summed E-state index contributed by atoms with van der Waals surface area (Å²) in [5, 5.41) is 10.9. The maximum absolute atomic E-state index is 13.6. The first-order chi connectivity index (χ1) is 17.2. The predicted octanol–water partition coefficient (Wildman–Crippen LogP) is 3.66. The summed E-state index contributed by atoms with van der Waals surface area (Å²) >= 11 is 0. The molecule has 1 fully saturated rings. The number of aromatic nitrogens is 1. The number of benzene rings is 2. The van der Waals surface area contributed by atoms with E-state index >= 15 is 0 Å². The maximum atomic E-state index is 13.6. The van der Waals surface area contributed by atoms with Gasteiger partial charge in [0.15, 0.2) is 11.5 Å². The molecule has 3 amide bonds. The molecule has 0 unspecified atom stereocenters. The minimum absolute atomic E-state index is 0.158. The van der Waals surface area contributed by atoms with Crippen LogP contribution in [-0.2, 0) is 16.1 Å². The number of H-pyrrole nitrogens is 1. The second kappa shape index (κ2) is 8.90. The smallest absolute Gasteiger partial charge is 0.353 e. The first-order valence-corrected chi connectivity index (χ1v) is 12.1. The van der Waals surface area contributed by atoms with E-state index in [4.69, 9.17) is 19.4 Å². The second-order valence-electron chi connectivity index (χ2n) is 9.09. The molecule has 1 saturated heterocycles. The number of imide groups is 1. The molecule has 3 aliphatic rings. The molecule has 35 heavy (non-hydrogen) atoms. The van der Waals surface area contributed by atoms with Gasteiger partial charge in [-0.15, -0.1) is 5.06 Å². The highest BCUT2D eigenvalue weighted by atomic mass is 16.7. The first-order valence-electron chi connectivity index (χ1n) is 12.1. The summed E-state index contributed by atoms with van der Waals surface area (Å²) in [6.45, 7) is 0.591. The van der Waals surface area contributed by atoms with E-state index in [0.29, 0.717) is 24.3 Å². The van der Waals surface area contributed by atoms with Gasteiger partial charge >= 0.3 is 6.03 Å². The Morgan fingerprint density at radius 3 is 2.74 bits per heavy atom. The van der Waals surface area contributed by atoms with E-state index < -0.39 is 18.1 Å². The molecule has 2 N–H and O–H groups in total. The number of urea groups is 1. The lowest BCUT2D eigenvalue weighted by molar-refractivity contribution is -0.163. The van der Waals surface area contributed by atoms with Crippen molar-refractivity contribution >= 4 is 22.8 Å². The summed E-state index contributed by atoms with van der Waals surface area (Å²) in [5.41, 5.74) is 3.74. The quantitative estimate of drug-likeness (QED) is 0.379. The Morgan fingerprint density at radius 1 is 1.03 bits per heavy atom. The topological polar surface area (TPSA) is 104 Å². The van der Waals surface area contributed by atoms with Gasteiger partial charge in [0.2, 0.25) is 6.79 Å². The van der Waals surface area contributed by atoms with Crippen LogP contribution in [0.25, 0.3) is 10.9 Å². The zero-order valence-electron chi connectivity index (χ0n) is 19.2. The number of ether oxygens (including phenoxy) is 2. The lowest BCUT2D eigenvalue weighted by atomic mass is 9.89. The Morgan fingerprint density at radius 2 is 1.86 bits per heavy atom. The van der Waals surface area contributed by atoms with E-state index in [0.717, 1.165) is 52.0 Å². The Hall–Kier alpha value is -3.56. The molecule has 2 atom stereocenters. The molecular formula is C26H27N3O6. The minimum atomic E-state index is -0.654. The van der Waals surface area contributed by atoms with Crippen LogP contribution in [0.1, 0.15) is 48.5 Å². The average Bonchev–Trinajstić information content (AvgIpc) is 3.55. The second-order valence-corrected chi connectivity index (χ2v) is 9.09. The van der Waals surface area contributed by atoms with Gasteiger partial charge in [0.1, 0.15) is 12.1 Å². The molecule has 6 rings (SSSR count). The lowest BCUT2D eigenvalue weighted by Crippen LogP contribution is -2.44. The molecule has 9 nitrogen and oxygen atoms in total. The van der Waals surface area contributed by atoms with E-state index in [1.807, 2.05) is 42.5 Å². The maximum Gasteiger partial charge on any atom is 0.353 e. The zero-order valence-corrected chi connectivity index (χ0v) is 19.2. The summed E-state index contributed by atoms with van der Waals surface area (Å²) in [6, 6.07) is 12.0. The molecule has 0 spiro atoms. The highest BCUT2D eigenvalue weighted by molar-refractivity contribution is 6.04. The highest BCUT2D eigenvalue weighted by Crippen LogP contribution is 2.46. The molecule has 9 heteroatoms. The van der Waals surface area contributed by atoms with Gasteiger partial charge in [0.05, 0.1) is 6.61 Å². The number of nitrogens with zero attached hydrogens (tertiary/aromatic N) is 2. The number of hydrogen-bond donors (Lipinski definition) is 2. The summed E-state index contributed by atoms with van der Waals surface area (Å²) < 4.78 is 11.1. The number of hydrogen-bond acceptors (Lipinski definition) is 6. The summed E-state index contributed by atoms with van der Waals surface area (Å²) in [5.74, 6) is 0.941. The number of aliphatic hydroxyl groups excluding tert-OH is 1. The number of para-hydroxylation sites is 1. The fraction of sp³-hybridized carbons (Fsp3) is 0.385. The normalized spacial score (nSPS) is 20.6. The van der Waals surface area contributed by atoms with Crippen molar-refractivity contribution in [2.24, 2.45) is 0 Å². The predicted molar refractivity (Wildman–Crippen MR) is 126 cm³/mol. The summed E-state index contributed by atoms with van der Waals surface area (Å²) in [7, 11) is 0. The molecular weight excluding hydrogens is 450 g/mol. The van der Waals surface area contributed by atoms with Crippen LogP contribution in [0.3, 0.4) is 0 Å². The van der Waals surface area contributed by atoms with Crippen molar-refractivity contribution in [3.8, 4) is 11.5 Å². The Labute approximate surface area is 202 Å². The number of aliphatic hydroxyl groups is 1. The Bertz CT molecular complexity index is 1290. The fourth-order valence-electron chi connectivity index (χ4n) is 5.32. The largest absolute Gasteiger partial charge is 0.454 e. The number of amides is 3. The van der Waals surface area contributed by atoms with Crippen LogP contribution in [0.4, 0.5) is 4.79 Å². The van der Waals surface area contributed by atoms with Crippen LogP contribution in [0.2, 0.25) is 0 Å². The van der Waals surface area contributed by atoms with Gasteiger partial charge in [-0.3, -0.25) is 14.5 Å². The third-order valence-electron chi connectivity index (χ3n) is 7.00. The van der Waals surface area contributed by atoms with Crippen LogP contribution in [0.5, 0.6) is 11.5 Å². The van der Waals surface area contributed by atoms with Gasteiger partial charge < -0.3 is 19.6 Å². The third-order valence-corrected chi connectivity index (χ3v) is 7.00. The summed E-state index contributed by atoms with van der Waals surface area (Å²) in [4.78, 5) is 37.8. The molecule has 3 aliphatic heterocycles. The van der Waals surface area contributed by atoms with Gasteiger partial charge in [-0.2, -0.15) is 0 Å². The van der Waals surface area contributed by atoms with Gasteiger partial charge in [-0.05, 0) is 42.2 Å². The Balaban J connectivity index is 1.35. The zero-order chi connectivity index (χ0) is 23.9. The van der Waals surface area contributed by atoms with Crippen LogP contribution in [-0.4, -0.2) is 58.0 Å². The molecule has 0 radical (unpaired) electrons. The summed E-state index contributed by atoms with van der Waals surface area (Å²) in [6.07, 6.45) is 3.60. The van der Waals surface area contributed by atoms with Crippen molar-refractivity contribution in [2.75, 3.05) is 20.0 Å². The van der Waals surface area contributed by atoms with E-state index in [-0.39, 0.29) is 25.9 Å². The lowest BCUT2D eigenvalue weighted by Gasteiger charge is -2.35. The average molecular weight is 478 g/mol. The standard InChI is InChI=1S/C26H27N3O6/c30-11-5-1-2-6-12-35-29-25(31)20-14-18-17-7-3-4-8-19(17)27-23(18)24(28(20)26(29)32)16-9-10-21-22(13-16)34-15-33-21/h3-4,7-10,13,20,24,27,30H,1-2,5-6,11-12,14-15H2/t20-,24+/m0/s1. The molecule has 0 bridgehead atoms. The van der Waals surface area contributed by atoms with Gasteiger partial charge in [-0.1, -0.05) is 37.1 Å². The molecule has 3 aromatic rings. The molecule has 2 aromatic carbocycles. The van der Waals surface area contributed by atoms with E-state index in [1.165, 1.54) is 0 Å². The van der Waals surface area contributed by atoms with Crippen molar-refractivity contribution in [2.45, 2.75) is 44.2 Å². The fourth-order valence-corrected chi connectivity index (χ4v) is 5.32. The number of fused-ring (bicyclic) bond motifs is 5. The van der Waals surface area contributed by atoms with Crippen LogP contribution in [0.15, 0.2) is 42.5 Å². The number of hydroxylamine groups is 2. The van der Waals surface area contributed by atoms with Crippen molar-refractivity contribution in [1.82, 2.24) is 14.9 Å². The molecule has 4 heterocycles. The minimum Gasteiger partial charge on any atom is -0.454 e. The molecule has 0 aliphatic carbocycles. The molecule has 0 saturated carbocycles. The SMILES string of the molecule is O=C1[C@@H]2Cc3c([nH]c4ccccc34)[C@@H](c3ccc4c(c3)OCO4)N2C(=O)N1OCCCCCCO. The van der Waals surface area contributed by atoms with Gasteiger partial charge in [-0.25, -0.2) is 4.79 Å². The Kier molecular flexibility index (Phi) is 5.58. The third kappa shape index (κ3) is 3.62. The number of aromatic amines is 1. The molecule has 182 valence electrons. The van der Waals surface area contributed by atoms with Crippen molar-refractivity contribution in [1.29, 1.82) is 0 Å². The number of unbranched alkanes of at least 4 members (excludes halogenated alkanes) is 3. The number of carbonyl (C=O) groups is 2. The highest BCUT2D eigenvalue weighted by Gasteiger charge is 2.53.